The van der Waals surface area contributed by atoms with Crippen molar-refractivity contribution in [2.75, 3.05) is 11.9 Å². The third-order valence-electron chi connectivity index (χ3n) is 5.92. The highest BCUT2D eigenvalue weighted by molar-refractivity contribution is 6.34. The molecular formula is C27H28ClFN4O3. The monoisotopic (exact) mass is 510 g/mol. The summed E-state index contributed by atoms with van der Waals surface area (Å²) in [6, 6.07) is 9.84. The molecule has 0 radical (unpaired) electrons. The number of pyridine rings is 1. The van der Waals surface area contributed by atoms with Gasteiger partial charge in [-0.1, -0.05) is 29.8 Å². The number of fused-ring (bicyclic) bond motifs is 1. The summed E-state index contributed by atoms with van der Waals surface area (Å²) in [5.74, 6) is -0.0693. The van der Waals surface area contributed by atoms with Gasteiger partial charge in [0.05, 0.1) is 35.0 Å². The third kappa shape index (κ3) is 5.63. The van der Waals surface area contributed by atoms with Crippen LogP contribution >= 0.6 is 11.6 Å². The number of aliphatic hydroxyl groups excluding tert-OH is 2. The molecule has 4 aromatic rings. The van der Waals surface area contributed by atoms with Gasteiger partial charge in [-0.05, 0) is 50.1 Å². The Morgan fingerprint density at radius 1 is 1.03 bits per heavy atom. The van der Waals surface area contributed by atoms with Gasteiger partial charge >= 0.3 is 0 Å². The minimum Gasteiger partial charge on any atom is -0.394 e. The van der Waals surface area contributed by atoms with Crippen molar-refractivity contribution in [1.82, 2.24) is 15.0 Å². The largest absolute Gasteiger partial charge is 0.394 e. The summed E-state index contributed by atoms with van der Waals surface area (Å²) in [7, 11) is 0. The van der Waals surface area contributed by atoms with Crippen LogP contribution in [0.5, 0.6) is 0 Å². The molecule has 2 aromatic heterocycles. The van der Waals surface area contributed by atoms with E-state index in [4.69, 9.17) is 16.7 Å². The van der Waals surface area contributed by atoms with Crippen LogP contribution in [0.4, 0.5) is 10.1 Å². The molecule has 0 bridgehead atoms. The van der Waals surface area contributed by atoms with Gasteiger partial charge in [0.1, 0.15) is 11.4 Å². The molecule has 0 spiro atoms. The van der Waals surface area contributed by atoms with E-state index in [1.54, 1.807) is 44.6 Å². The number of halogens is 2. The molecule has 0 fully saturated rings. The molecule has 2 aromatic carbocycles. The molecule has 0 saturated heterocycles. The van der Waals surface area contributed by atoms with Crippen molar-refractivity contribution in [3.8, 4) is 11.1 Å². The quantitative estimate of drug-likeness (QED) is 0.270. The highest BCUT2D eigenvalue weighted by Crippen LogP contribution is 2.35. The van der Waals surface area contributed by atoms with Crippen molar-refractivity contribution in [2.45, 2.75) is 44.9 Å². The third-order valence-corrected chi connectivity index (χ3v) is 6.21. The van der Waals surface area contributed by atoms with Crippen molar-refractivity contribution >= 4 is 28.2 Å². The Morgan fingerprint density at radius 2 is 1.75 bits per heavy atom. The molecule has 4 N–H and O–H groups in total. The number of nitrogens with one attached hydrogen (secondary N) is 1. The molecule has 9 heteroatoms. The highest BCUT2D eigenvalue weighted by atomic mass is 35.5. The number of aliphatic hydroxyl groups is 3. The van der Waals surface area contributed by atoms with E-state index in [1.807, 2.05) is 25.1 Å². The predicted octanol–water partition coefficient (Wildman–Crippen LogP) is 4.78. The zero-order chi connectivity index (χ0) is 26.0. The van der Waals surface area contributed by atoms with Crippen molar-refractivity contribution < 1.29 is 19.7 Å². The molecule has 7 nitrogen and oxygen atoms in total. The van der Waals surface area contributed by atoms with Gasteiger partial charge in [-0.2, -0.15) is 0 Å². The highest BCUT2D eigenvalue weighted by Gasteiger charge is 2.20. The number of anilines is 1. The van der Waals surface area contributed by atoms with Gasteiger partial charge in [-0.25, -0.2) is 14.4 Å². The van der Waals surface area contributed by atoms with E-state index in [-0.39, 0.29) is 13.0 Å². The first-order valence-corrected chi connectivity index (χ1v) is 11.9. The lowest BCUT2D eigenvalue weighted by Crippen LogP contribution is -2.19. The fourth-order valence-corrected chi connectivity index (χ4v) is 4.18. The SMILES string of the molecule is C[C@@H](Nc1c(Cl)cnc2ccc(-c3cnc(C(C)(C)O)nc3)cc12)c1cc(CC(O)CO)ccc1F. The number of hydrogen-bond donors (Lipinski definition) is 4. The molecule has 1 unspecified atom stereocenters. The van der Waals surface area contributed by atoms with Gasteiger partial charge in [0, 0.05) is 41.5 Å². The van der Waals surface area contributed by atoms with Gasteiger partial charge < -0.3 is 20.6 Å². The van der Waals surface area contributed by atoms with Crippen molar-refractivity contribution in [3.05, 3.63) is 82.8 Å². The van der Waals surface area contributed by atoms with E-state index in [0.717, 1.165) is 16.5 Å². The summed E-state index contributed by atoms with van der Waals surface area (Å²) in [5.41, 5.74) is 2.86. The summed E-state index contributed by atoms with van der Waals surface area (Å²) in [5, 5.41) is 33.5. The fraction of sp³-hybridized carbons (Fsp3) is 0.296. The number of rotatable bonds is 8. The van der Waals surface area contributed by atoms with Crippen LogP contribution in [0.15, 0.2) is 55.0 Å². The molecule has 4 rings (SSSR count). The topological polar surface area (TPSA) is 111 Å². The molecule has 2 atom stereocenters. The summed E-state index contributed by atoms with van der Waals surface area (Å²) in [4.78, 5) is 13.0. The van der Waals surface area contributed by atoms with Crippen LogP contribution in [-0.4, -0.2) is 43.0 Å². The summed E-state index contributed by atoms with van der Waals surface area (Å²) >= 11 is 6.53. The van der Waals surface area contributed by atoms with Crippen molar-refractivity contribution in [2.24, 2.45) is 0 Å². The number of nitrogens with zero attached hydrogens (tertiary/aromatic N) is 3. The number of benzene rings is 2. The van der Waals surface area contributed by atoms with Crippen molar-refractivity contribution in [1.29, 1.82) is 0 Å². The van der Waals surface area contributed by atoms with Gasteiger partial charge in [0.25, 0.3) is 0 Å². The first-order chi connectivity index (χ1) is 17.1. The molecule has 2 heterocycles. The second kappa shape index (κ2) is 10.4. The lowest BCUT2D eigenvalue weighted by molar-refractivity contribution is 0.0687. The van der Waals surface area contributed by atoms with Gasteiger partial charge in [0.15, 0.2) is 5.82 Å². The summed E-state index contributed by atoms with van der Waals surface area (Å²) in [6.45, 7) is 4.70. The summed E-state index contributed by atoms with van der Waals surface area (Å²) < 4.78 is 14.7. The minimum atomic E-state index is -1.14. The first kappa shape index (κ1) is 25.9. The van der Waals surface area contributed by atoms with E-state index in [9.17, 15) is 14.6 Å². The number of hydrogen-bond acceptors (Lipinski definition) is 7. The van der Waals surface area contributed by atoms with Gasteiger partial charge in [-0.3, -0.25) is 4.98 Å². The second-order valence-corrected chi connectivity index (χ2v) is 9.74. The van der Waals surface area contributed by atoms with Crippen LogP contribution in [0.1, 0.15) is 43.8 Å². The standard InChI is InChI=1S/C27H28ClFN4O3/c1-15(20-9-16(4-6-23(20)29)8-19(35)14-34)33-25-21-10-17(5-7-24(21)30-13-22(25)28)18-11-31-26(32-12-18)27(2,3)36/h4-7,9-13,15,19,34-36H,8,14H2,1-3H3,(H,30,33)/t15-,19?/m1/s1. The zero-order valence-electron chi connectivity index (χ0n) is 20.2. The molecule has 0 amide bonds. The second-order valence-electron chi connectivity index (χ2n) is 9.33. The predicted molar refractivity (Wildman–Crippen MR) is 138 cm³/mol. The van der Waals surface area contributed by atoms with Crippen LogP contribution in [0.25, 0.3) is 22.0 Å². The van der Waals surface area contributed by atoms with Gasteiger partial charge in [0.2, 0.25) is 0 Å². The normalized spacial score (nSPS) is 13.6. The van der Waals surface area contributed by atoms with Crippen molar-refractivity contribution in [3.63, 3.8) is 0 Å². The number of aromatic nitrogens is 3. The minimum absolute atomic E-state index is 0.215. The molecule has 0 aliphatic carbocycles. The molecular weight excluding hydrogens is 483 g/mol. The maximum absolute atomic E-state index is 14.7. The molecule has 0 aliphatic rings. The van der Waals surface area contributed by atoms with Crippen LogP contribution in [0.3, 0.4) is 0 Å². The molecule has 0 saturated carbocycles. The van der Waals surface area contributed by atoms with E-state index in [2.05, 4.69) is 20.3 Å². The summed E-state index contributed by atoms with van der Waals surface area (Å²) in [6.07, 6.45) is 4.15. The van der Waals surface area contributed by atoms with Crippen LogP contribution in [-0.2, 0) is 12.0 Å². The van der Waals surface area contributed by atoms with E-state index in [0.29, 0.717) is 33.2 Å². The lowest BCUT2D eigenvalue weighted by atomic mass is 10.00. The van der Waals surface area contributed by atoms with E-state index < -0.39 is 23.6 Å². The average Bonchev–Trinajstić information content (AvgIpc) is 2.86. The molecule has 188 valence electrons. The fourth-order valence-electron chi connectivity index (χ4n) is 3.97. The zero-order valence-corrected chi connectivity index (χ0v) is 21.0. The van der Waals surface area contributed by atoms with E-state index in [1.165, 1.54) is 6.07 Å². The Kier molecular flexibility index (Phi) is 7.51. The molecule has 36 heavy (non-hydrogen) atoms. The Labute approximate surface area is 213 Å². The Balaban J connectivity index is 1.69. The van der Waals surface area contributed by atoms with E-state index >= 15 is 0 Å². The maximum atomic E-state index is 14.7. The van der Waals surface area contributed by atoms with Gasteiger partial charge in [-0.15, -0.1) is 0 Å². The maximum Gasteiger partial charge on any atom is 0.159 e. The Hall–Kier alpha value is -3.17. The van der Waals surface area contributed by atoms with Crippen LogP contribution in [0, 0.1) is 5.82 Å². The Bertz CT molecular complexity index is 1380. The Morgan fingerprint density at radius 3 is 2.42 bits per heavy atom. The van der Waals surface area contributed by atoms with Crippen LogP contribution in [0.2, 0.25) is 5.02 Å². The van der Waals surface area contributed by atoms with Crippen LogP contribution < -0.4 is 5.32 Å². The first-order valence-electron chi connectivity index (χ1n) is 11.5. The molecule has 0 aliphatic heterocycles. The smallest absolute Gasteiger partial charge is 0.159 e. The average molecular weight is 511 g/mol. The lowest BCUT2D eigenvalue weighted by Gasteiger charge is -2.20.